The maximum absolute atomic E-state index is 13.2. The van der Waals surface area contributed by atoms with Crippen LogP contribution in [-0.4, -0.2) is 51.1 Å². The van der Waals surface area contributed by atoms with E-state index < -0.39 is 11.8 Å². The molecule has 2 amide bonds. The molecule has 0 fully saturated rings. The molecule has 0 bridgehead atoms. The molecule has 4 N–H and O–H groups in total. The first-order valence-corrected chi connectivity index (χ1v) is 10.0. The third-order valence-corrected chi connectivity index (χ3v) is 4.85. The molecule has 3 aromatic heterocycles. The number of carbonyl (C=O) groups excluding carboxylic acids is 2. The van der Waals surface area contributed by atoms with E-state index in [9.17, 15) is 9.59 Å². The number of nitrogens with zero attached hydrogens (tertiary/aromatic N) is 4. The molecule has 3 heterocycles. The summed E-state index contributed by atoms with van der Waals surface area (Å²) in [5.74, 6) is 1.01. The Bertz CT molecular complexity index is 1350. The number of rotatable bonds is 6. The van der Waals surface area contributed by atoms with Crippen molar-refractivity contribution in [3.8, 4) is 5.75 Å². The van der Waals surface area contributed by atoms with E-state index in [-0.39, 0.29) is 16.8 Å². The van der Waals surface area contributed by atoms with Gasteiger partial charge in [-0.05, 0) is 19.9 Å². The van der Waals surface area contributed by atoms with Gasteiger partial charge < -0.3 is 20.7 Å². The van der Waals surface area contributed by atoms with Crippen LogP contribution in [0.5, 0.6) is 5.75 Å². The Morgan fingerprint density at radius 1 is 1.03 bits per heavy atom. The monoisotopic (exact) mass is 446 g/mol. The highest BCUT2D eigenvalue weighted by Crippen LogP contribution is 2.29. The molecule has 0 atom stereocenters. The Balaban J connectivity index is 1.70. The number of ether oxygens (including phenoxy) is 1. The number of methoxy groups -OCH3 is 1. The lowest BCUT2D eigenvalue weighted by Crippen LogP contribution is -2.22. The lowest BCUT2D eigenvalue weighted by Gasteiger charge is -2.14. The summed E-state index contributed by atoms with van der Waals surface area (Å²) >= 11 is 0. The first-order chi connectivity index (χ1) is 15.9. The van der Waals surface area contributed by atoms with Gasteiger partial charge in [0.05, 0.1) is 23.9 Å². The van der Waals surface area contributed by atoms with Gasteiger partial charge in [0, 0.05) is 42.7 Å². The molecule has 0 radical (unpaired) electrons. The van der Waals surface area contributed by atoms with Crippen molar-refractivity contribution in [1.29, 1.82) is 0 Å². The van der Waals surface area contributed by atoms with Crippen molar-refractivity contribution in [2.45, 2.75) is 13.8 Å². The van der Waals surface area contributed by atoms with E-state index in [4.69, 9.17) is 4.74 Å². The molecule has 4 rings (SSSR count). The van der Waals surface area contributed by atoms with Gasteiger partial charge in [0.1, 0.15) is 23.0 Å². The van der Waals surface area contributed by atoms with Crippen molar-refractivity contribution in [3.05, 3.63) is 59.3 Å². The topological polar surface area (TPSA) is 147 Å². The predicted octanol–water partition coefficient (Wildman–Crippen LogP) is 2.73. The molecule has 0 unspecified atom stereocenters. The smallest absolute Gasteiger partial charge is 0.259 e. The lowest BCUT2D eigenvalue weighted by atomic mass is 10.1. The number of anilines is 3. The highest BCUT2D eigenvalue weighted by Gasteiger charge is 2.20. The Morgan fingerprint density at radius 2 is 1.85 bits per heavy atom. The van der Waals surface area contributed by atoms with E-state index in [1.807, 2.05) is 6.92 Å². The Labute approximate surface area is 189 Å². The molecule has 0 saturated heterocycles. The van der Waals surface area contributed by atoms with Crippen molar-refractivity contribution >= 4 is 40.0 Å². The number of pyridine rings is 1. The van der Waals surface area contributed by atoms with E-state index in [0.717, 1.165) is 11.1 Å². The minimum Gasteiger partial charge on any atom is -0.494 e. The summed E-state index contributed by atoms with van der Waals surface area (Å²) in [6.45, 7) is 3.65. The number of aryl methyl sites for hydroxylation is 2. The lowest BCUT2D eigenvalue weighted by molar-refractivity contribution is 0.0963. The number of nitrogens with one attached hydrogen (secondary N) is 4. The second kappa shape index (κ2) is 8.91. The molecule has 4 aromatic rings. The second-order valence-corrected chi connectivity index (χ2v) is 7.18. The largest absolute Gasteiger partial charge is 0.494 e. The fraction of sp³-hybridized carbons (Fsp3) is 0.182. The van der Waals surface area contributed by atoms with Gasteiger partial charge in [-0.3, -0.25) is 14.7 Å². The summed E-state index contributed by atoms with van der Waals surface area (Å²) in [4.78, 5) is 38.4. The average molecular weight is 446 g/mol. The number of carbonyl (C=O) groups is 2. The Morgan fingerprint density at radius 3 is 2.58 bits per heavy atom. The number of aromatic nitrogens is 5. The number of H-pyrrole nitrogens is 1. The van der Waals surface area contributed by atoms with Gasteiger partial charge in [-0.2, -0.15) is 5.10 Å². The molecule has 0 saturated carbocycles. The summed E-state index contributed by atoms with van der Waals surface area (Å²) in [5.41, 5.74) is 2.06. The van der Waals surface area contributed by atoms with Crippen LogP contribution in [0.25, 0.3) is 10.9 Å². The van der Waals surface area contributed by atoms with Crippen LogP contribution in [0.4, 0.5) is 17.3 Å². The SMILES string of the molecule is CNC(=O)c1cnc(Nc2cc(C)nc(C)n2)cc1NC(=O)c1ccc2c[nH]nc2c1OC. The van der Waals surface area contributed by atoms with Crippen LogP contribution in [0.3, 0.4) is 0 Å². The molecular weight excluding hydrogens is 424 g/mol. The molecular formula is C22H22N8O3. The van der Waals surface area contributed by atoms with Crippen LogP contribution in [0.1, 0.15) is 32.2 Å². The Hall–Kier alpha value is -4.54. The fourth-order valence-corrected chi connectivity index (χ4v) is 3.41. The molecule has 33 heavy (non-hydrogen) atoms. The minimum absolute atomic E-state index is 0.200. The molecule has 0 aliphatic carbocycles. The second-order valence-electron chi connectivity index (χ2n) is 7.18. The van der Waals surface area contributed by atoms with Crippen LogP contribution in [0.2, 0.25) is 0 Å². The maximum Gasteiger partial charge on any atom is 0.259 e. The summed E-state index contributed by atoms with van der Waals surface area (Å²) in [7, 11) is 2.97. The third kappa shape index (κ3) is 4.42. The maximum atomic E-state index is 13.2. The number of hydrogen-bond acceptors (Lipinski definition) is 8. The quantitative estimate of drug-likeness (QED) is 0.353. The Kier molecular flexibility index (Phi) is 5.85. The highest BCUT2D eigenvalue weighted by molar-refractivity contribution is 6.12. The fourth-order valence-electron chi connectivity index (χ4n) is 3.41. The predicted molar refractivity (Wildman–Crippen MR) is 123 cm³/mol. The number of fused-ring (bicyclic) bond motifs is 1. The van der Waals surface area contributed by atoms with Gasteiger partial charge in [-0.15, -0.1) is 0 Å². The molecule has 1 aromatic carbocycles. The van der Waals surface area contributed by atoms with Crippen LogP contribution < -0.4 is 20.7 Å². The number of aromatic amines is 1. The van der Waals surface area contributed by atoms with Gasteiger partial charge in [0.25, 0.3) is 11.8 Å². The number of amides is 2. The van der Waals surface area contributed by atoms with Crippen LogP contribution in [0, 0.1) is 13.8 Å². The molecule has 0 aliphatic heterocycles. The number of hydrogen-bond donors (Lipinski definition) is 4. The van der Waals surface area contributed by atoms with Crippen molar-refractivity contribution in [1.82, 2.24) is 30.5 Å². The van der Waals surface area contributed by atoms with E-state index in [2.05, 4.69) is 41.1 Å². The van der Waals surface area contributed by atoms with Crippen molar-refractivity contribution in [3.63, 3.8) is 0 Å². The van der Waals surface area contributed by atoms with Gasteiger partial charge in [0.2, 0.25) is 0 Å². The number of benzene rings is 1. The first kappa shape index (κ1) is 21.7. The average Bonchev–Trinajstić information content (AvgIpc) is 3.26. The minimum atomic E-state index is -0.465. The first-order valence-electron chi connectivity index (χ1n) is 10.0. The zero-order valence-corrected chi connectivity index (χ0v) is 18.5. The van der Waals surface area contributed by atoms with Crippen LogP contribution >= 0.6 is 0 Å². The molecule has 168 valence electrons. The van der Waals surface area contributed by atoms with Gasteiger partial charge in [-0.1, -0.05) is 6.07 Å². The van der Waals surface area contributed by atoms with E-state index >= 15 is 0 Å². The van der Waals surface area contributed by atoms with Crippen molar-refractivity contribution in [2.75, 3.05) is 24.8 Å². The van der Waals surface area contributed by atoms with E-state index in [1.165, 1.54) is 20.4 Å². The summed E-state index contributed by atoms with van der Waals surface area (Å²) < 4.78 is 5.44. The molecule has 0 spiro atoms. The molecule has 0 aliphatic rings. The summed E-state index contributed by atoms with van der Waals surface area (Å²) in [6.07, 6.45) is 3.09. The standard InChI is InChI=1S/C22H22N8O3/c1-11-7-18(27-12(2)26-11)29-17-8-16(15(10-24-17)21(31)23-3)28-22(32)14-6-5-13-9-25-30-19(13)20(14)33-4/h5-10H,1-4H3,(H,23,31)(H,25,30)(H2,24,26,27,28,29,32). The van der Waals surface area contributed by atoms with Gasteiger partial charge in [-0.25, -0.2) is 15.0 Å². The normalized spacial score (nSPS) is 10.7. The zero-order chi connectivity index (χ0) is 23.5. The van der Waals surface area contributed by atoms with E-state index in [1.54, 1.807) is 37.4 Å². The summed E-state index contributed by atoms with van der Waals surface area (Å²) in [6, 6.07) is 6.73. The highest BCUT2D eigenvalue weighted by atomic mass is 16.5. The van der Waals surface area contributed by atoms with Gasteiger partial charge >= 0.3 is 0 Å². The van der Waals surface area contributed by atoms with Crippen LogP contribution in [-0.2, 0) is 0 Å². The van der Waals surface area contributed by atoms with E-state index in [0.29, 0.717) is 28.7 Å². The molecule has 11 heteroatoms. The zero-order valence-electron chi connectivity index (χ0n) is 18.5. The third-order valence-electron chi connectivity index (χ3n) is 4.85. The van der Waals surface area contributed by atoms with Crippen molar-refractivity contribution in [2.24, 2.45) is 0 Å². The molecule has 11 nitrogen and oxygen atoms in total. The summed E-state index contributed by atoms with van der Waals surface area (Å²) in [5, 5.41) is 16.1. The van der Waals surface area contributed by atoms with Crippen LogP contribution in [0.15, 0.2) is 36.7 Å². The van der Waals surface area contributed by atoms with Gasteiger partial charge in [0.15, 0.2) is 5.75 Å². The van der Waals surface area contributed by atoms with Crippen molar-refractivity contribution < 1.29 is 14.3 Å².